The van der Waals surface area contributed by atoms with Gasteiger partial charge >= 0.3 is 0 Å². The molecule has 2 aromatic heterocycles. The number of nitrogens with two attached hydrogens (primary N) is 1. The Bertz CT molecular complexity index is 1330. The summed E-state index contributed by atoms with van der Waals surface area (Å²) in [6.45, 7) is 1.80. The second-order valence-electron chi connectivity index (χ2n) is 7.34. The van der Waals surface area contributed by atoms with Crippen LogP contribution in [-0.4, -0.2) is 22.4 Å². The van der Waals surface area contributed by atoms with Crippen LogP contribution in [0.2, 0.25) is 0 Å². The van der Waals surface area contributed by atoms with Crippen LogP contribution in [0.5, 0.6) is 0 Å². The number of aromatic nitrogens is 3. The summed E-state index contributed by atoms with van der Waals surface area (Å²) in [6, 6.07) is 14.2. The van der Waals surface area contributed by atoms with Crippen LogP contribution in [0.25, 0.3) is 22.2 Å². The van der Waals surface area contributed by atoms with Crippen LogP contribution in [0.1, 0.15) is 29.4 Å². The fraction of sp³-hybridized carbons (Fsp3) is 0.182. The van der Waals surface area contributed by atoms with E-state index in [4.69, 9.17) is 5.73 Å². The molecule has 0 bridgehead atoms. The maximum atomic E-state index is 13.6. The van der Waals surface area contributed by atoms with Gasteiger partial charge in [0.05, 0.1) is 16.1 Å². The highest BCUT2D eigenvalue weighted by atomic mass is 32.2. The van der Waals surface area contributed by atoms with E-state index in [0.717, 1.165) is 29.4 Å². The van der Waals surface area contributed by atoms with Crippen LogP contribution in [-0.2, 0) is 16.4 Å². The van der Waals surface area contributed by atoms with Gasteiger partial charge in [0.15, 0.2) is 0 Å². The lowest BCUT2D eigenvalue weighted by atomic mass is 10.0. The number of hydrogen-bond donors (Lipinski definition) is 1. The van der Waals surface area contributed by atoms with Crippen LogP contribution in [0.15, 0.2) is 65.8 Å². The number of hydrogen-bond acceptors (Lipinski definition) is 5. The fourth-order valence-electron chi connectivity index (χ4n) is 4.10. The van der Waals surface area contributed by atoms with E-state index in [1.165, 1.54) is 3.97 Å². The largest absolute Gasteiger partial charge is 0.324 e. The van der Waals surface area contributed by atoms with E-state index in [2.05, 4.69) is 9.97 Å². The van der Waals surface area contributed by atoms with Crippen molar-refractivity contribution in [2.24, 2.45) is 5.73 Å². The van der Waals surface area contributed by atoms with Gasteiger partial charge in [-0.3, -0.25) is 0 Å². The molecule has 0 amide bonds. The van der Waals surface area contributed by atoms with Crippen molar-refractivity contribution >= 4 is 20.9 Å². The van der Waals surface area contributed by atoms with E-state index in [1.807, 2.05) is 18.2 Å². The molecule has 6 nitrogen and oxygen atoms in total. The fourth-order valence-corrected chi connectivity index (χ4v) is 5.64. The van der Waals surface area contributed by atoms with Crippen molar-refractivity contribution in [1.82, 2.24) is 13.9 Å². The van der Waals surface area contributed by atoms with Crippen LogP contribution < -0.4 is 5.73 Å². The molecule has 29 heavy (non-hydrogen) atoms. The maximum absolute atomic E-state index is 13.6. The third-order valence-corrected chi connectivity index (χ3v) is 7.29. The Morgan fingerprint density at radius 2 is 1.79 bits per heavy atom. The molecule has 0 saturated carbocycles. The van der Waals surface area contributed by atoms with Gasteiger partial charge in [0.1, 0.15) is 5.82 Å². The van der Waals surface area contributed by atoms with Gasteiger partial charge in [-0.05, 0) is 55.2 Å². The lowest BCUT2D eigenvalue weighted by Crippen LogP contribution is -2.14. The number of rotatable bonds is 3. The SMILES string of the molecule is Cc1ncc(-c2cc3c4c(ccc3n2S(=O)(=O)c2ccccc2)[C@H](N)CC4)cn1. The number of benzene rings is 2. The first-order chi connectivity index (χ1) is 14.0. The van der Waals surface area contributed by atoms with E-state index < -0.39 is 10.0 Å². The average Bonchev–Trinajstić information content (AvgIpc) is 3.30. The molecular formula is C22H20N4O2S. The van der Waals surface area contributed by atoms with Gasteiger partial charge in [-0.1, -0.05) is 24.3 Å². The molecule has 0 spiro atoms. The van der Waals surface area contributed by atoms with Gasteiger partial charge in [0.25, 0.3) is 10.0 Å². The van der Waals surface area contributed by atoms with E-state index in [0.29, 0.717) is 22.6 Å². The van der Waals surface area contributed by atoms with Gasteiger partial charge in [0.2, 0.25) is 0 Å². The van der Waals surface area contributed by atoms with Gasteiger partial charge in [-0.25, -0.2) is 22.4 Å². The smallest absolute Gasteiger partial charge is 0.268 e. The number of aryl methyl sites for hydroxylation is 2. The van der Waals surface area contributed by atoms with Gasteiger partial charge in [0, 0.05) is 29.4 Å². The third-order valence-electron chi connectivity index (χ3n) is 5.55. The molecule has 7 heteroatoms. The molecule has 0 fully saturated rings. The topological polar surface area (TPSA) is 90.9 Å². The second kappa shape index (κ2) is 6.50. The van der Waals surface area contributed by atoms with E-state index in [-0.39, 0.29) is 10.9 Å². The molecule has 5 rings (SSSR count). The van der Waals surface area contributed by atoms with E-state index in [1.54, 1.807) is 49.6 Å². The Morgan fingerprint density at radius 3 is 2.52 bits per heavy atom. The van der Waals surface area contributed by atoms with Gasteiger partial charge < -0.3 is 5.73 Å². The Hall–Kier alpha value is -3.03. The minimum atomic E-state index is -3.81. The normalized spacial score (nSPS) is 16.3. The Balaban J connectivity index is 1.86. The molecule has 1 atom stereocenters. The van der Waals surface area contributed by atoms with Gasteiger partial charge in [-0.2, -0.15) is 0 Å². The third kappa shape index (κ3) is 2.77. The maximum Gasteiger partial charge on any atom is 0.268 e. The summed E-state index contributed by atoms with van der Waals surface area (Å²) >= 11 is 0. The Labute approximate surface area is 169 Å². The monoisotopic (exact) mass is 404 g/mol. The Morgan fingerprint density at radius 1 is 1.07 bits per heavy atom. The quantitative estimate of drug-likeness (QED) is 0.563. The summed E-state index contributed by atoms with van der Waals surface area (Å²) in [5, 5.41) is 0.922. The molecule has 0 unspecified atom stereocenters. The summed E-state index contributed by atoms with van der Waals surface area (Å²) in [6.07, 6.45) is 5.04. The summed E-state index contributed by atoms with van der Waals surface area (Å²) in [7, 11) is -3.81. The first kappa shape index (κ1) is 18.0. The molecule has 0 saturated heterocycles. The predicted molar refractivity (Wildman–Crippen MR) is 112 cm³/mol. The second-order valence-corrected chi connectivity index (χ2v) is 9.13. The van der Waals surface area contributed by atoms with Crippen molar-refractivity contribution < 1.29 is 8.42 Å². The number of fused-ring (bicyclic) bond motifs is 3. The summed E-state index contributed by atoms with van der Waals surface area (Å²) in [4.78, 5) is 8.77. The highest BCUT2D eigenvalue weighted by molar-refractivity contribution is 7.90. The standard InChI is InChI=1S/C22H20N4O2S/c1-14-24-12-15(13-25-14)22-11-19-17-7-9-20(23)18(17)8-10-21(19)26(22)29(27,28)16-5-3-2-4-6-16/h2-6,8,10-13,20H,7,9,23H2,1H3/t20-/m1/s1. The molecule has 0 aliphatic heterocycles. The molecule has 146 valence electrons. The van der Waals surface area contributed by atoms with Crippen molar-refractivity contribution in [3.05, 3.63) is 77.9 Å². The van der Waals surface area contributed by atoms with Crippen molar-refractivity contribution in [2.75, 3.05) is 0 Å². The molecule has 0 radical (unpaired) electrons. The van der Waals surface area contributed by atoms with Crippen molar-refractivity contribution in [3.63, 3.8) is 0 Å². The van der Waals surface area contributed by atoms with E-state index in [9.17, 15) is 8.42 Å². The summed E-state index contributed by atoms with van der Waals surface area (Å²) in [5.41, 5.74) is 10.3. The predicted octanol–water partition coefficient (Wildman–Crippen LogP) is 3.59. The summed E-state index contributed by atoms with van der Waals surface area (Å²) in [5.74, 6) is 0.634. The molecule has 1 aliphatic rings. The highest BCUT2D eigenvalue weighted by Crippen LogP contribution is 2.39. The van der Waals surface area contributed by atoms with Crippen LogP contribution >= 0.6 is 0 Å². The molecule has 2 aromatic carbocycles. The zero-order chi connectivity index (χ0) is 20.2. The molecule has 1 aliphatic carbocycles. The van der Waals surface area contributed by atoms with Crippen LogP contribution in [0, 0.1) is 6.92 Å². The first-order valence-corrected chi connectivity index (χ1v) is 10.9. The molecule has 2 N–H and O–H groups in total. The zero-order valence-corrected chi connectivity index (χ0v) is 16.7. The number of nitrogens with zero attached hydrogens (tertiary/aromatic N) is 3. The minimum absolute atomic E-state index is 0.00496. The Kier molecular flexibility index (Phi) is 4.04. The molecule has 2 heterocycles. The highest BCUT2D eigenvalue weighted by Gasteiger charge is 2.28. The first-order valence-electron chi connectivity index (χ1n) is 9.49. The molecular weight excluding hydrogens is 384 g/mol. The van der Waals surface area contributed by atoms with Gasteiger partial charge in [-0.15, -0.1) is 0 Å². The molecule has 4 aromatic rings. The van der Waals surface area contributed by atoms with Crippen LogP contribution in [0.4, 0.5) is 0 Å². The summed E-state index contributed by atoms with van der Waals surface area (Å²) < 4.78 is 28.7. The van der Waals surface area contributed by atoms with Crippen molar-refractivity contribution in [1.29, 1.82) is 0 Å². The lowest BCUT2D eigenvalue weighted by molar-refractivity contribution is 0.589. The zero-order valence-electron chi connectivity index (χ0n) is 15.9. The van der Waals surface area contributed by atoms with E-state index >= 15 is 0 Å². The minimum Gasteiger partial charge on any atom is -0.324 e. The van der Waals surface area contributed by atoms with Crippen molar-refractivity contribution in [2.45, 2.75) is 30.7 Å². The van der Waals surface area contributed by atoms with Crippen LogP contribution in [0.3, 0.4) is 0 Å². The average molecular weight is 404 g/mol. The lowest BCUT2D eigenvalue weighted by Gasteiger charge is -2.13. The van der Waals surface area contributed by atoms with Crippen molar-refractivity contribution in [3.8, 4) is 11.3 Å².